The topological polar surface area (TPSA) is 127 Å². The van der Waals surface area contributed by atoms with Gasteiger partial charge in [0.25, 0.3) is 11.5 Å². The van der Waals surface area contributed by atoms with Gasteiger partial charge < -0.3 is 15.5 Å². The Hall–Kier alpha value is -5.64. The van der Waals surface area contributed by atoms with Crippen LogP contribution in [-0.4, -0.2) is 77.5 Å². The lowest BCUT2D eigenvalue weighted by atomic mass is 10.0. The number of hydrogen-bond donors (Lipinski definition) is 2. The molecule has 0 bridgehead atoms. The summed E-state index contributed by atoms with van der Waals surface area (Å²) in [4.78, 5) is 40.0. The van der Waals surface area contributed by atoms with Gasteiger partial charge in [-0.3, -0.25) is 18.8 Å². The third-order valence-electron chi connectivity index (χ3n) is 9.52. The van der Waals surface area contributed by atoms with Crippen LogP contribution in [0.25, 0.3) is 22.2 Å². The largest absolute Gasteiger partial charge is 0.342 e. The molecule has 6 aromatic rings. The van der Waals surface area contributed by atoms with Gasteiger partial charge >= 0.3 is 0 Å². The van der Waals surface area contributed by atoms with Gasteiger partial charge in [-0.05, 0) is 77.2 Å². The molecule has 12 heteroatoms. The second-order valence-electron chi connectivity index (χ2n) is 12.7. The predicted molar refractivity (Wildman–Crippen MR) is 192 cm³/mol. The van der Waals surface area contributed by atoms with Gasteiger partial charge in [0.05, 0.1) is 45.8 Å². The predicted octanol–water partition coefficient (Wildman–Crippen LogP) is 3.59. The van der Waals surface area contributed by atoms with Crippen LogP contribution >= 0.6 is 0 Å². The summed E-state index contributed by atoms with van der Waals surface area (Å²) in [5.41, 5.74) is 4.72. The van der Waals surface area contributed by atoms with Crippen LogP contribution in [0, 0.1) is 18.8 Å². The van der Waals surface area contributed by atoms with Crippen LogP contribution in [0.15, 0.2) is 78.0 Å². The molecule has 1 amide bonds. The van der Waals surface area contributed by atoms with E-state index in [4.69, 9.17) is 4.98 Å². The highest BCUT2D eigenvalue weighted by Gasteiger charge is 2.25. The molecule has 1 saturated heterocycles. The lowest BCUT2D eigenvalue weighted by Gasteiger charge is -2.31. The van der Waals surface area contributed by atoms with Gasteiger partial charge in [-0.15, -0.1) is 0 Å². The molecule has 2 N–H and O–H groups in total. The summed E-state index contributed by atoms with van der Waals surface area (Å²) in [6.07, 6.45) is 8.30. The Kier molecular flexibility index (Phi) is 9.25. The number of carbonyl (C=O) groups is 1. The second-order valence-corrected chi connectivity index (χ2v) is 12.7. The van der Waals surface area contributed by atoms with E-state index >= 15 is 0 Å². The first-order valence-electron chi connectivity index (χ1n) is 17.0. The minimum atomic E-state index is -0.644. The van der Waals surface area contributed by atoms with Gasteiger partial charge in [0.2, 0.25) is 0 Å². The van der Waals surface area contributed by atoms with Crippen LogP contribution in [0.3, 0.4) is 0 Å². The Labute approximate surface area is 290 Å². The zero-order valence-electron chi connectivity index (χ0n) is 28.7. The number of piperidine rings is 1. The fourth-order valence-electron chi connectivity index (χ4n) is 6.77. The number of likely N-dealkylation sites (tertiary alicyclic amines) is 1. The summed E-state index contributed by atoms with van der Waals surface area (Å²) in [7, 11) is 3.98. The first-order valence-corrected chi connectivity index (χ1v) is 17.0. The smallest absolute Gasteiger partial charge is 0.267 e. The van der Waals surface area contributed by atoms with E-state index in [-0.39, 0.29) is 11.5 Å². The van der Waals surface area contributed by atoms with Crippen molar-refractivity contribution in [2.45, 2.75) is 45.2 Å². The molecule has 5 heterocycles. The van der Waals surface area contributed by atoms with Crippen molar-refractivity contribution >= 4 is 22.5 Å². The molecule has 0 aliphatic carbocycles. The van der Waals surface area contributed by atoms with Gasteiger partial charge in [-0.1, -0.05) is 36.1 Å². The van der Waals surface area contributed by atoms with E-state index in [0.29, 0.717) is 50.9 Å². The van der Waals surface area contributed by atoms with Crippen molar-refractivity contribution in [3.05, 3.63) is 117 Å². The molecule has 0 spiro atoms. The van der Waals surface area contributed by atoms with Crippen LogP contribution in [0.1, 0.15) is 64.5 Å². The van der Waals surface area contributed by atoms with Gasteiger partial charge in [-0.2, -0.15) is 10.2 Å². The maximum absolute atomic E-state index is 14.5. The van der Waals surface area contributed by atoms with Crippen LogP contribution in [0.2, 0.25) is 0 Å². The van der Waals surface area contributed by atoms with Crippen molar-refractivity contribution in [1.82, 2.24) is 49.5 Å². The summed E-state index contributed by atoms with van der Waals surface area (Å²) in [5.74, 6) is 6.65. The molecule has 50 heavy (non-hydrogen) atoms. The molecule has 0 radical (unpaired) electrons. The number of aromatic nitrogens is 7. The fraction of sp³-hybridized carbons (Fsp3) is 0.316. The van der Waals surface area contributed by atoms with Crippen LogP contribution in [0.5, 0.6) is 0 Å². The summed E-state index contributed by atoms with van der Waals surface area (Å²) in [6, 6.07) is 16.5. The highest BCUT2D eigenvalue weighted by atomic mass is 16.2. The van der Waals surface area contributed by atoms with Crippen molar-refractivity contribution in [2.24, 2.45) is 7.05 Å². The number of rotatable bonds is 8. The normalized spacial score (nSPS) is 14.5. The summed E-state index contributed by atoms with van der Waals surface area (Å²) in [5, 5.41) is 15.8. The molecule has 1 unspecified atom stereocenters. The van der Waals surface area contributed by atoms with Crippen molar-refractivity contribution in [3.8, 4) is 17.5 Å². The number of nitrogens with zero attached hydrogens (tertiary/aromatic N) is 8. The molecule has 1 fully saturated rings. The molecule has 2 aromatic carbocycles. The van der Waals surface area contributed by atoms with Crippen molar-refractivity contribution in [2.75, 3.05) is 26.7 Å². The minimum Gasteiger partial charge on any atom is -0.342 e. The maximum atomic E-state index is 14.5. The van der Waals surface area contributed by atoms with Crippen molar-refractivity contribution in [1.29, 1.82) is 0 Å². The lowest BCUT2D eigenvalue weighted by Crippen LogP contribution is -2.42. The number of aryl methyl sites for hydroxylation is 2. The zero-order valence-corrected chi connectivity index (χ0v) is 28.7. The first kappa shape index (κ1) is 32.9. The number of fused-ring (bicyclic) bond motifs is 2. The molecule has 0 saturated carbocycles. The monoisotopic (exact) mass is 668 g/mol. The van der Waals surface area contributed by atoms with Crippen molar-refractivity contribution in [3.63, 3.8) is 0 Å². The number of para-hydroxylation sites is 1. The average Bonchev–Trinajstić information content (AvgIpc) is 3.67. The summed E-state index contributed by atoms with van der Waals surface area (Å²) < 4.78 is 5.03. The standard InChI is InChI=1S/C38H40N10O2/c1-25-33(36-40-19-9-20-47(36)44-25)37(49)42-26(2)35-43-31-13-8-10-27(34(31)38(50)48(35)30-11-6-5-7-12-30)14-15-28-24-41-45(4)32(28)18-23-46-21-16-29(39-3)17-22-46/h5-13,19-20,24,26,29,39H,16-18,21-23H2,1-4H3,(H,42,49). The fourth-order valence-corrected chi connectivity index (χ4v) is 6.77. The molecule has 254 valence electrons. The zero-order chi connectivity index (χ0) is 34.8. The van der Waals surface area contributed by atoms with E-state index < -0.39 is 6.04 Å². The molecular weight excluding hydrogens is 628 g/mol. The molecule has 1 aliphatic rings. The van der Waals surface area contributed by atoms with Gasteiger partial charge in [0.1, 0.15) is 11.4 Å². The molecule has 4 aromatic heterocycles. The first-order chi connectivity index (χ1) is 24.3. The van der Waals surface area contributed by atoms with Gasteiger partial charge in [0, 0.05) is 44.0 Å². The maximum Gasteiger partial charge on any atom is 0.267 e. The van der Waals surface area contributed by atoms with E-state index in [2.05, 4.69) is 42.6 Å². The number of amides is 1. The second kappa shape index (κ2) is 14.1. The minimum absolute atomic E-state index is 0.271. The quantitative estimate of drug-likeness (QED) is 0.236. The Morgan fingerprint density at radius 1 is 1.04 bits per heavy atom. The summed E-state index contributed by atoms with van der Waals surface area (Å²) in [6.45, 7) is 6.67. The number of hydrogen-bond acceptors (Lipinski definition) is 8. The Morgan fingerprint density at radius 3 is 2.60 bits per heavy atom. The van der Waals surface area contributed by atoms with E-state index in [9.17, 15) is 9.59 Å². The third kappa shape index (κ3) is 6.41. The average molecular weight is 669 g/mol. The molecular formula is C38H40N10O2. The summed E-state index contributed by atoms with van der Waals surface area (Å²) >= 11 is 0. The molecule has 1 atom stereocenters. The molecule has 1 aliphatic heterocycles. The van der Waals surface area contributed by atoms with Crippen LogP contribution < -0.4 is 16.2 Å². The molecule has 7 rings (SSSR count). The Bertz CT molecular complexity index is 2300. The van der Waals surface area contributed by atoms with E-state index in [0.717, 1.165) is 50.2 Å². The van der Waals surface area contributed by atoms with Crippen molar-refractivity contribution < 1.29 is 4.79 Å². The highest BCUT2D eigenvalue weighted by molar-refractivity contribution is 6.01. The third-order valence-corrected chi connectivity index (χ3v) is 9.52. The van der Waals surface area contributed by atoms with E-state index in [1.807, 2.05) is 68.2 Å². The molecule has 12 nitrogen and oxygen atoms in total. The van der Waals surface area contributed by atoms with E-state index in [1.54, 1.807) is 46.7 Å². The van der Waals surface area contributed by atoms with Crippen LogP contribution in [-0.2, 0) is 13.5 Å². The van der Waals surface area contributed by atoms with Crippen LogP contribution in [0.4, 0.5) is 0 Å². The number of nitrogens with one attached hydrogen (secondary N) is 2. The number of carbonyl (C=O) groups excluding carboxylic acids is 1. The van der Waals surface area contributed by atoms with E-state index in [1.165, 1.54) is 0 Å². The highest BCUT2D eigenvalue weighted by Crippen LogP contribution is 2.22. The Morgan fingerprint density at radius 2 is 1.82 bits per heavy atom. The number of benzene rings is 2. The SMILES string of the molecule is CNC1CCN(CCc2c(C#Cc3cccc4nc(C(C)NC(=O)c5c(C)nn6cccnc56)n(-c5ccccc5)c(=O)c34)cnn2C)CC1. The van der Waals surface area contributed by atoms with Gasteiger partial charge in [0.15, 0.2) is 5.65 Å². The Balaban J connectivity index is 1.23. The lowest BCUT2D eigenvalue weighted by molar-refractivity contribution is 0.0938. The van der Waals surface area contributed by atoms with Gasteiger partial charge in [-0.25, -0.2) is 14.5 Å².